The van der Waals surface area contributed by atoms with Crippen molar-refractivity contribution in [3.8, 4) is 0 Å². The molecule has 76 valence electrons. The summed E-state index contributed by atoms with van der Waals surface area (Å²) >= 11 is 0. The van der Waals surface area contributed by atoms with Gasteiger partial charge in [0.25, 0.3) is 0 Å². The molecule has 3 N–H and O–H groups in total. The lowest BCUT2D eigenvalue weighted by Crippen LogP contribution is -2.34. The first-order valence-electron chi connectivity index (χ1n) is 4.30. The van der Waals surface area contributed by atoms with E-state index in [0.717, 1.165) is 6.20 Å². The average molecular weight is 197 g/mol. The number of carbonyl (C=O) groups excluding carboxylic acids is 1. The number of pyridine rings is 1. The average Bonchev–Trinajstić information content (AvgIpc) is 2.16. The van der Waals surface area contributed by atoms with Crippen LogP contribution in [0.1, 0.15) is 13.3 Å². The van der Waals surface area contributed by atoms with Crippen molar-refractivity contribution in [3.63, 3.8) is 0 Å². The molecule has 0 fully saturated rings. The van der Waals surface area contributed by atoms with Crippen molar-refractivity contribution >= 4 is 11.6 Å². The number of rotatable bonds is 3. The minimum Gasteiger partial charge on any atom is -0.323 e. The van der Waals surface area contributed by atoms with Gasteiger partial charge in [-0.05, 0) is 6.42 Å². The summed E-state index contributed by atoms with van der Waals surface area (Å²) in [6.45, 7) is 1.80. The van der Waals surface area contributed by atoms with Gasteiger partial charge in [0.1, 0.15) is 5.82 Å². The fraction of sp³-hybridized carbons (Fsp3) is 0.333. The fourth-order valence-corrected chi connectivity index (χ4v) is 0.901. The van der Waals surface area contributed by atoms with Crippen LogP contribution < -0.4 is 11.1 Å². The van der Waals surface area contributed by atoms with Gasteiger partial charge < -0.3 is 11.1 Å². The molecule has 0 aromatic carbocycles. The summed E-state index contributed by atoms with van der Waals surface area (Å²) in [5.74, 6) is -0.826. The van der Waals surface area contributed by atoms with Gasteiger partial charge in [-0.15, -0.1) is 0 Å². The molecule has 1 aromatic rings. The highest BCUT2D eigenvalue weighted by atomic mass is 19.1. The van der Waals surface area contributed by atoms with Crippen LogP contribution in [0.4, 0.5) is 10.1 Å². The molecule has 1 amide bonds. The van der Waals surface area contributed by atoms with Crippen molar-refractivity contribution in [1.82, 2.24) is 4.98 Å². The molecule has 1 heterocycles. The number of nitrogens with zero attached hydrogens (tertiary/aromatic N) is 1. The van der Waals surface area contributed by atoms with Gasteiger partial charge in [-0.2, -0.15) is 0 Å². The molecule has 0 saturated carbocycles. The first-order chi connectivity index (χ1) is 6.63. The highest BCUT2D eigenvalue weighted by molar-refractivity contribution is 5.94. The Hall–Kier alpha value is -1.49. The maximum absolute atomic E-state index is 12.7. The topological polar surface area (TPSA) is 68.0 Å². The van der Waals surface area contributed by atoms with Gasteiger partial charge in [-0.3, -0.25) is 9.78 Å². The van der Waals surface area contributed by atoms with Crippen LogP contribution in [0.2, 0.25) is 0 Å². The zero-order valence-electron chi connectivity index (χ0n) is 7.83. The summed E-state index contributed by atoms with van der Waals surface area (Å²) < 4.78 is 12.7. The molecule has 1 aromatic heterocycles. The summed E-state index contributed by atoms with van der Waals surface area (Å²) in [7, 11) is 0. The van der Waals surface area contributed by atoms with Crippen molar-refractivity contribution < 1.29 is 9.18 Å². The molecule has 0 aliphatic heterocycles. The number of halogens is 1. The maximum Gasteiger partial charge on any atom is 0.241 e. The Balaban J connectivity index is 2.65. The highest BCUT2D eigenvalue weighted by Crippen LogP contribution is 2.07. The van der Waals surface area contributed by atoms with E-state index in [1.165, 1.54) is 12.3 Å². The van der Waals surface area contributed by atoms with Crippen LogP contribution in [-0.2, 0) is 4.79 Å². The van der Waals surface area contributed by atoms with Gasteiger partial charge in [0.05, 0.1) is 24.1 Å². The second-order valence-corrected chi connectivity index (χ2v) is 2.90. The van der Waals surface area contributed by atoms with Crippen molar-refractivity contribution in [2.75, 3.05) is 5.32 Å². The Morgan fingerprint density at radius 3 is 3.00 bits per heavy atom. The van der Waals surface area contributed by atoms with Crippen LogP contribution in [0.15, 0.2) is 18.5 Å². The van der Waals surface area contributed by atoms with Crippen molar-refractivity contribution in [3.05, 3.63) is 24.3 Å². The second kappa shape index (κ2) is 4.66. The summed E-state index contributed by atoms with van der Waals surface area (Å²) in [6.07, 6.45) is 2.97. The minimum absolute atomic E-state index is 0.318. The predicted octanol–water partition coefficient (Wildman–Crippen LogP) is 0.896. The van der Waals surface area contributed by atoms with E-state index in [1.807, 2.05) is 0 Å². The zero-order chi connectivity index (χ0) is 10.6. The minimum atomic E-state index is -0.571. The van der Waals surface area contributed by atoms with Crippen molar-refractivity contribution in [2.45, 2.75) is 19.4 Å². The Bertz CT molecular complexity index is 330. The number of anilines is 1. The standard InChI is InChI=1S/C9H12FN3O/c1-2-8(11)9(14)13-7-3-6(10)4-12-5-7/h3-5,8H,2,11H2,1H3,(H,13,14)/t8-/m1/s1. The van der Waals surface area contributed by atoms with Crippen LogP contribution in [-0.4, -0.2) is 16.9 Å². The van der Waals surface area contributed by atoms with Gasteiger partial charge in [-0.1, -0.05) is 6.92 Å². The lowest BCUT2D eigenvalue weighted by molar-refractivity contribution is -0.117. The fourth-order valence-electron chi connectivity index (χ4n) is 0.901. The molecular formula is C9H12FN3O. The first-order valence-corrected chi connectivity index (χ1v) is 4.30. The van der Waals surface area contributed by atoms with Gasteiger partial charge in [0, 0.05) is 6.07 Å². The third-order valence-corrected chi connectivity index (χ3v) is 1.75. The largest absolute Gasteiger partial charge is 0.323 e. The van der Waals surface area contributed by atoms with Gasteiger partial charge in [-0.25, -0.2) is 4.39 Å². The normalized spacial score (nSPS) is 12.2. The molecule has 4 nitrogen and oxygen atoms in total. The van der Waals surface area contributed by atoms with E-state index in [1.54, 1.807) is 6.92 Å². The maximum atomic E-state index is 12.7. The molecular weight excluding hydrogens is 185 g/mol. The summed E-state index contributed by atoms with van der Waals surface area (Å²) in [4.78, 5) is 14.9. The summed E-state index contributed by atoms with van der Waals surface area (Å²) in [6, 6.07) is 0.617. The number of hydrogen-bond donors (Lipinski definition) is 2. The van der Waals surface area contributed by atoms with Crippen LogP contribution in [0.5, 0.6) is 0 Å². The van der Waals surface area contributed by atoms with Crippen LogP contribution in [0, 0.1) is 5.82 Å². The summed E-state index contributed by atoms with van der Waals surface area (Å²) in [5, 5.41) is 2.47. The number of hydrogen-bond acceptors (Lipinski definition) is 3. The van der Waals surface area contributed by atoms with E-state index in [2.05, 4.69) is 10.3 Å². The number of carbonyl (C=O) groups is 1. The quantitative estimate of drug-likeness (QED) is 0.756. The Kier molecular flexibility index (Phi) is 3.53. The first kappa shape index (κ1) is 10.6. The molecule has 1 atom stereocenters. The molecule has 5 heteroatoms. The lowest BCUT2D eigenvalue weighted by atomic mass is 10.2. The SMILES string of the molecule is CC[C@@H](N)C(=O)Nc1cncc(F)c1. The molecule has 0 saturated heterocycles. The zero-order valence-corrected chi connectivity index (χ0v) is 7.83. The highest BCUT2D eigenvalue weighted by Gasteiger charge is 2.10. The Labute approximate surface area is 81.3 Å². The molecule has 0 unspecified atom stereocenters. The van der Waals surface area contributed by atoms with Gasteiger partial charge >= 0.3 is 0 Å². The third kappa shape index (κ3) is 2.77. The monoisotopic (exact) mass is 197 g/mol. The number of nitrogens with two attached hydrogens (primary N) is 1. The molecule has 0 radical (unpaired) electrons. The van der Waals surface area contributed by atoms with Crippen LogP contribution in [0.25, 0.3) is 0 Å². The predicted molar refractivity (Wildman–Crippen MR) is 51.1 cm³/mol. The second-order valence-electron chi connectivity index (χ2n) is 2.90. The van der Waals surface area contributed by atoms with E-state index in [9.17, 15) is 9.18 Å². The Morgan fingerprint density at radius 1 is 1.71 bits per heavy atom. The number of nitrogens with one attached hydrogen (secondary N) is 1. The lowest BCUT2D eigenvalue weighted by Gasteiger charge is -2.09. The summed E-state index contributed by atoms with van der Waals surface area (Å²) in [5.41, 5.74) is 5.79. The molecule has 0 aliphatic rings. The third-order valence-electron chi connectivity index (χ3n) is 1.75. The van der Waals surface area contributed by atoms with E-state index in [0.29, 0.717) is 12.1 Å². The molecule has 0 aliphatic carbocycles. The van der Waals surface area contributed by atoms with E-state index >= 15 is 0 Å². The molecule has 14 heavy (non-hydrogen) atoms. The number of amides is 1. The van der Waals surface area contributed by atoms with Crippen LogP contribution >= 0.6 is 0 Å². The molecule has 0 bridgehead atoms. The van der Waals surface area contributed by atoms with Gasteiger partial charge in [0.15, 0.2) is 0 Å². The molecule has 1 rings (SSSR count). The van der Waals surface area contributed by atoms with Crippen LogP contribution in [0.3, 0.4) is 0 Å². The van der Waals surface area contributed by atoms with E-state index < -0.39 is 11.9 Å². The van der Waals surface area contributed by atoms with E-state index in [-0.39, 0.29) is 5.91 Å². The van der Waals surface area contributed by atoms with E-state index in [4.69, 9.17) is 5.73 Å². The van der Waals surface area contributed by atoms with Gasteiger partial charge in [0.2, 0.25) is 5.91 Å². The van der Waals surface area contributed by atoms with Crippen molar-refractivity contribution in [1.29, 1.82) is 0 Å². The smallest absolute Gasteiger partial charge is 0.241 e. The molecule has 0 spiro atoms. The Morgan fingerprint density at radius 2 is 2.43 bits per heavy atom. The number of aromatic nitrogens is 1. The van der Waals surface area contributed by atoms with Crippen molar-refractivity contribution in [2.24, 2.45) is 5.73 Å².